The van der Waals surface area contributed by atoms with Crippen molar-refractivity contribution in [2.75, 3.05) is 5.88 Å². The van der Waals surface area contributed by atoms with Crippen molar-refractivity contribution in [2.24, 2.45) is 0 Å². The molecule has 0 saturated carbocycles. The average Bonchev–Trinajstić information content (AvgIpc) is 2.76. The van der Waals surface area contributed by atoms with Crippen LogP contribution in [-0.2, 0) is 13.0 Å². The second-order valence-corrected chi connectivity index (χ2v) is 4.27. The first-order chi connectivity index (χ1) is 9.10. The molecular formula is C11H10ClFN4O2. The van der Waals surface area contributed by atoms with E-state index in [2.05, 4.69) is 10.3 Å². The molecule has 6 nitrogen and oxygen atoms in total. The molecule has 0 N–H and O–H groups in total. The van der Waals surface area contributed by atoms with Crippen molar-refractivity contribution >= 4 is 17.3 Å². The number of alkyl halides is 1. The lowest BCUT2D eigenvalue weighted by Crippen LogP contribution is -2.02. The Bertz CT molecular complexity index is 602. The van der Waals surface area contributed by atoms with Crippen molar-refractivity contribution in [3.05, 3.63) is 51.6 Å². The number of nitrogens with zero attached hydrogens (tertiary/aromatic N) is 4. The Kier molecular flexibility index (Phi) is 4.06. The van der Waals surface area contributed by atoms with Gasteiger partial charge in [0.25, 0.3) is 0 Å². The number of rotatable bonds is 5. The Hall–Kier alpha value is -2.02. The second kappa shape index (κ2) is 5.75. The molecule has 0 saturated heterocycles. The highest BCUT2D eigenvalue weighted by Crippen LogP contribution is 2.18. The first-order valence-electron chi connectivity index (χ1n) is 5.48. The summed E-state index contributed by atoms with van der Waals surface area (Å²) in [7, 11) is 0. The van der Waals surface area contributed by atoms with Crippen molar-refractivity contribution in [2.45, 2.75) is 13.0 Å². The monoisotopic (exact) mass is 284 g/mol. The van der Waals surface area contributed by atoms with E-state index in [1.165, 1.54) is 10.7 Å². The summed E-state index contributed by atoms with van der Waals surface area (Å²) in [6.45, 7) is 0.296. The standard InChI is InChI=1S/C11H10ClFN4O2/c12-4-3-9-7-16(15-14-9)6-8-1-2-11(17(18)19)10(13)5-8/h1-2,5,7H,3-4,6H2. The lowest BCUT2D eigenvalue weighted by molar-refractivity contribution is -0.387. The van der Waals surface area contributed by atoms with E-state index in [0.29, 0.717) is 24.4 Å². The number of hydrogen-bond acceptors (Lipinski definition) is 4. The van der Waals surface area contributed by atoms with E-state index in [-0.39, 0.29) is 0 Å². The first-order valence-corrected chi connectivity index (χ1v) is 6.01. The maximum atomic E-state index is 13.4. The second-order valence-electron chi connectivity index (χ2n) is 3.89. The van der Waals surface area contributed by atoms with Crippen LogP contribution in [0.2, 0.25) is 0 Å². The van der Waals surface area contributed by atoms with Crippen LogP contribution in [0.1, 0.15) is 11.3 Å². The molecule has 0 aliphatic carbocycles. The van der Waals surface area contributed by atoms with Crippen LogP contribution >= 0.6 is 11.6 Å². The zero-order valence-corrected chi connectivity index (χ0v) is 10.5. The van der Waals surface area contributed by atoms with Gasteiger partial charge in [0, 0.05) is 24.6 Å². The number of hydrogen-bond donors (Lipinski definition) is 0. The van der Waals surface area contributed by atoms with Crippen LogP contribution in [0.15, 0.2) is 24.4 Å². The van der Waals surface area contributed by atoms with Gasteiger partial charge in [-0.1, -0.05) is 11.3 Å². The summed E-state index contributed by atoms with van der Waals surface area (Å²) in [4.78, 5) is 9.74. The highest BCUT2D eigenvalue weighted by Gasteiger charge is 2.14. The Labute approximate surface area is 113 Å². The van der Waals surface area contributed by atoms with E-state index in [1.54, 1.807) is 6.20 Å². The van der Waals surface area contributed by atoms with Crippen molar-refractivity contribution < 1.29 is 9.31 Å². The summed E-state index contributed by atoms with van der Waals surface area (Å²) >= 11 is 5.58. The SMILES string of the molecule is O=[N+]([O-])c1ccc(Cn2cc(CCCl)nn2)cc1F. The minimum atomic E-state index is -0.858. The van der Waals surface area contributed by atoms with Gasteiger partial charge in [-0.2, -0.15) is 4.39 Å². The normalized spacial score (nSPS) is 10.6. The van der Waals surface area contributed by atoms with Gasteiger partial charge in [-0.15, -0.1) is 16.7 Å². The Morgan fingerprint density at radius 3 is 2.89 bits per heavy atom. The van der Waals surface area contributed by atoms with Crippen molar-refractivity contribution in [3.63, 3.8) is 0 Å². The summed E-state index contributed by atoms with van der Waals surface area (Å²) in [6, 6.07) is 3.76. The average molecular weight is 285 g/mol. The van der Waals surface area contributed by atoms with Gasteiger partial charge < -0.3 is 0 Å². The van der Waals surface area contributed by atoms with Crippen LogP contribution in [0.5, 0.6) is 0 Å². The van der Waals surface area contributed by atoms with E-state index in [9.17, 15) is 14.5 Å². The van der Waals surface area contributed by atoms with Crippen LogP contribution in [0.4, 0.5) is 10.1 Å². The van der Waals surface area contributed by atoms with Gasteiger partial charge in [-0.3, -0.25) is 10.1 Å². The molecule has 2 rings (SSSR count). The zero-order valence-electron chi connectivity index (χ0n) is 9.79. The molecule has 0 amide bonds. The predicted molar refractivity (Wildman–Crippen MR) is 66.6 cm³/mol. The molecule has 1 aromatic carbocycles. The molecule has 2 aromatic rings. The van der Waals surface area contributed by atoms with Gasteiger partial charge in [0.2, 0.25) is 5.82 Å². The van der Waals surface area contributed by atoms with Crippen LogP contribution < -0.4 is 0 Å². The molecule has 0 atom stereocenters. The molecule has 19 heavy (non-hydrogen) atoms. The third kappa shape index (κ3) is 3.25. The largest absolute Gasteiger partial charge is 0.304 e. The third-order valence-electron chi connectivity index (χ3n) is 2.49. The summed E-state index contributed by atoms with van der Waals surface area (Å²) in [5.41, 5.74) is 0.785. The van der Waals surface area contributed by atoms with Crippen molar-refractivity contribution in [1.82, 2.24) is 15.0 Å². The molecule has 8 heteroatoms. The topological polar surface area (TPSA) is 73.8 Å². The quantitative estimate of drug-likeness (QED) is 0.479. The number of benzene rings is 1. The Morgan fingerprint density at radius 1 is 1.47 bits per heavy atom. The van der Waals surface area contributed by atoms with Crippen LogP contribution in [0.3, 0.4) is 0 Å². The van der Waals surface area contributed by atoms with E-state index in [4.69, 9.17) is 11.6 Å². The predicted octanol–water partition coefficient (Wildman–Crippen LogP) is 2.16. The van der Waals surface area contributed by atoms with Crippen LogP contribution in [0.25, 0.3) is 0 Å². The molecule has 100 valence electrons. The maximum absolute atomic E-state index is 13.4. The molecule has 0 radical (unpaired) electrons. The third-order valence-corrected chi connectivity index (χ3v) is 2.68. The highest BCUT2D eigenvalue weighted by atomic mass is 35.5. The number of nitro groups is 1. The minimum Gasteiger partial charge on any atom is -0.258 e. The summed E-state index contributed by atoms with van der Waals surface area (Å²) in [5, 5.41) is 18.3. The molecule has 0 aliphatic heterocycles. The first kappa shape index (κ1) is 13.4. The molecule has 0 spiro atoms. The van der Waals surface area contributed by atoms with E-state index < -0.39 is 16.4 Å². The van der Waals surface area contributed by atoms with Gasteiger partial charge in [0.1, 0.15) is 0 Å². The smallest absolute Gasteiger partial charge is 0.258 e. The summed E-state index contributed by atoms with van der Waals surface area (Å²) in [6.07, 6.45) is 2.32. The molecule has 0 fully saturated rings. The number of nitro benzene ring substituents is 1. The number of aryl methyl sites for hydroxylation is 1. The highest BCUT2D eigenvalue weighted by molar-refractivity contribution is 6.17. The zero-order chi connectivity index (χ0) is 13.8. The fraction of sp³-hybridized carbons (Fsp3) is 0.273. The van der Waals surface area contributed by atoms with Crippen LogP contribution in [-0.4, -0.2) is 25.8 Å². The van der Waals surface area contributed by atoms with Crippen LogP contribution in [0, 0.1) is 15.9 Å². The van der Waals surface area contributed by atoms with Gasteiger partial charge in [-0.25, -0.2) is 4.68 Å². The number of halogens is 2. The van der Waals surface area contributed by atoms with Crippen molar-refractivity contribution in [3.8, 4) is 0 Å². The molecular weight excluding hydrogens is 275 g/mol. The minimum absolute atomic E-state index is 0.296. The molecule has 0 unspecified atom stereocenters. The lowest BCUT2D eigenvalue weighted by atomic mass is 10.2. The Morgan fingerprint density at radius 2 is 2.26 bits per heavy atom. The van der Waals surface area contributed by atoms with Gasteiger partial charge >= 0.3 is 5.69 Å². The fourth-order valence-electron chi connectivity index (χ4n) is 1.61. The van der Waals surface area contributed by atoms with Crippen molar-refractivity contribution in [1.29, 1.82) is 0 Å². The van der Waals surface area contributed by atoms with Gasteiger partial charge in [-0.05, 0) is 11.6 Å². The molecule has 1 aromatic heterocycles. The Balaban J connectivity index is 2.14. The van der Waals surface area contributed by atoms with E-state index >= 15 is 0 Å². The van der Waals surface area contributed by atoms with E-state index in [1.807, 2.05) is 0 Å². The lowest BCUT2D eigenvalue weighted by Gasteiger charge is -2.01. The van der Waals surface area contributed by atoms with Gasteiger partial charge in [0.05, 0.1) is 17.2 Å². The van der Waals surface area contributed by atoms with E-state index in [0.717, 1.165) is 17.8 Å². The molecule has 1 heterocycles. The fourth-order valence-corrected chi connectivity index (χ4v) is 1.80. The number of aromatic nitrogens is 3. The summed E-state index contributed by atoms with van der Waals surface area (Å²) in [5.74, 6) is -0.409. The summed E-state index contributed by atoms with van der Waals surface area (Å²) < 4.78 is 15.0. The molecule has 0 aliphatic rings. The maximum Gasteiger partial charge on any atom is 0.304 e. The molecule has 0 bridgehead atoms. The van der Waals surface area contributed by atoms with Gasteiger partial charge in [0.15, 0.2) is 0 Å².